The van der Waals surface area contributed by atoms with Crippen LogP contribution in [0.4, 0.5) is 4.79 Å². The molecule has 0 aromatic heterocycles. The van der Waals surface area contributed by atoms with Crippen molar-refractivity contribution in [1.29, 1.82) is 0 Å². The van der Waals surface area contributed by atoms with Crippen LogP contribution in [0.2, 0.25) is 0 Å². The molecule has 0 atom stereocenters. The molecule has 0 heterocycles. The Morgan fingerprint density at radius 1 is 0.500 bits per heavy atom. The highest BCUT2D eigenvalue weighted by Crippen LogP contribution is 2.16. The van der Waals surface area contributed by atoms with Crippen LogP contribution in [0, 0.1) is 0 Å². The van der Waals surface area contributed by atoms with Crippen molar-refractivity contribution in [2.24, 2.45) is 0 Å². The first-order chi connectivity index (χ1) is 19.7. The number of amides is 2. The molecule has 40 heavy (non-hydrogen) atoms. The topological polar surface area (TPSA) is 61.4 Å². The molecule has 0 fully saturated rings. The highest BCUT2D eigenvalue weighted by atomic mass is 16.3. The Hall–Kier alpha value is -1.71. The molecule has 0 spiro atoms. The van der Waals surface area contributed by atoms with Gasteiger partial charge >= 0.3 is 6.03 Å². The zero-order valence-corrected chi connectivity index (χ0v) is 26.5. The van der Waals surface area contributed by atoms with Gasteiger partial charge in [-0.1, -0.05) is 180 Å². The summed E-state index contributed by atoms with van der Waals surface area (Å²) < 4.78 is 0. The molecule has 0 saturated carbocycles. The van der Waals surface area contributed by atoms with Crippen molar-refractivity contribution in [2.45, 2.75) is 180 Å². The second kappa shape index (κ2) is 28.8. The SMILES string of the molecule is CCCCCCCCCCCCCCCCCCCCCCCCCCCCNC(=O)NCc1ccc(O)cc1. The second-order valence-electron chi connectivity index (χ2n) is 12.1. The number of carbonyl (C=O) groups excluding carboxylic acids is 1. The fourth-order valence-corrected chi connectivity index (χ4v) is 5.50. The molecule has 1 aromatic rings. The zero-order valence-electron chi connectivity index (χ0n) is 26.5. The van der Waals surface area contributed by atoms with Crippen molar-refractivity contribution in [1.82, 2.24) is 10.6 Å². The van der Waals surface area contributed by atoms with Crippen LogP contribution in [-0.2, 0) is 6.54 Å². The van der Waals surface area contributed by atoms with Gasteiger partial charge < -0.3 is 15.7 Å². The maximum atomic E-state index is 11.9. The van der Waals surface area contributed by atoms with Crippen LogP contribution in [0.5, 0.6) is 5.75 Å². The number of hydrogen-bond donors (Lipinski definition) is 3. The molecule has 0 unspecified atom stereocenters. The van der Waals surface area contributed by atoms with E-state index in [0.717, 1.165) is 18.5 Å². The van der Waals surface area contributed by atoms with Crippen molar-refractivity contribution < 1.29 is 9.90 Å². The van der Waals surface area contributed by atoms with E-state index in [2.05, 4.69) is 17.6 Å². The van der Waals surface area contributed by atoms with E-state index in [4.69, 9.17) is 0 Å². The average Bonchev–Trinajstić information content (AvgIpc) is 2.96. The van der Waals surface area contributed by atoms with Crippen LogP contribution in [0.25, 0.3) is 0 Å². The van der Waals surface area contributed by atoms with Crippen LogP contribution < -0.4 is 10.6 Å². The van der Waals surface area contributed by atoms with Crippen molar-refractivity contribution in [2.75, 3.05) is 6.54 Å². The van der Waals surface area contributed by atoms with Gasteiger partial charge in [-0.15, -0.1) is 0 Å². The summed E-state index contributed by atoms with van der Waals surface area (Å²) in [6.45, 7) is 3.51. The number of phenols is 1. The number of aromatic hydroxyl groups is 1. The summed E-state index contributed by atoms with van der Waals surface area (Å²) in [5.41, 5.74) is 0.980. The van der Waals surface area contributed by atoms with E-state index in [1.165, 1.54) is 161 Å². The Morgan fingerprint density at radius 3 is 1.18 bits per heavy atom. The first kappa shape index (κ1) is 36.3. The molecule has 4 heteroatoms. The minimum Gasteiger partial charge on any atom is -0.508 e. The molecule has 0 aliphatic heterocycles. The molecular formula is C36H66N2O2. The van der Waals surface area contributed by atoms with Gasteiger partial charge in [0.15, 0.2) is 0 Å². The van der Waals surface area contributed by atoms with E-state index >= 15 is 0 Å². The van der Waals surface area contributed by atoms with Gasteiger partial charge in [0.2, 0.25) is 0 Å². The van der Waals surface area contributed by atoms with E-state index in [9.17, 15) is 9.90 Å². The molecule has 1 aromatic carbocycles. The maximum Gasteiger partial charge on any atom is 0.315 e. The number of benzene rings is 1. The lowest BCUT2D eigenvalue weighted by atomic mass is 10.0. The van der Waals surface area contributed by atoms with Gasteiger partial charge in [-0.2, -0.15) is 0 Å². The van der Waals surface area contributed by atoms with Gasteiger partial charge in [0.05, 0.1) is 0 Å². The van der Waals surface area contributed by atoms with E-state index in [-0.39, 0.29) is 11.8 Å². The van der Waals surface area contributed by atoms with E-state index < -0.39 is 0 Å². The fraction of sp³-hybridized carbons (Fsp3) is 0.806. The van der Waals surface area contributed by atoms with Crippen LogP contribution in [-0.4, -0.2) is 17.7 Å². The lowest BCUT2D eigenvalue weighted by Gasteiger charge is -2.08. The second-order valence-corrected chi connectivity index (χ2v) is 12.1. The van der Waals surface area contributed by atoms with Crippen molar-refractivity contribution in [3.05, 3.63) is 29.8 Å². The summed E-state index contributed by atoms with van der Waals surface area (Å²) in [7, 11) is 0. The van der Waals surface area contributed by atoms with Crippen molar-refractivity contribution >= 4 is 6.03 Å². The molecular weight excluding hydrogens is 492 g/mol. The smallest absolute Gasteiger partial charge is 0.315 e. The number of hydrogen-bond acceptors (Lipinski definition) is 2. The molecule has 0 bridgehead atoms. The van der Waals surface area contributed by atoms with E-state index in [0.29, 0.717) is 6.54 Å². The van der Waals surface area contributed by atoms with Gasteiger partial charge in [0.1, 0.15) is 5.75 Å². The third kappa shape index (κ3) is 25.3. The molecule has 0 radical (unpaired) electrons. The summed E-state index contributed by atoms with van der Waals surface area (Å²) in [6.07, 6.45) is 36.5. The van der Waals surface area contributed by atoms with E-state index in [1.54, 1.807) is 12.1 Å². The Morgan fingerprint density at radius 2 is 0.825 bits per heavy atom. The summed E-state index contributed by atoms with van der Waals surface area (Å²) in [4.78, 5) is 11.9. The van der Waals surface area contributed by atoms with Gasteiger partial charge in [0, 0.05) is 13.1 Å². The van der Waals surface area contributed by atoms with Crippen LogP contribution in [0.15, 0.2) is 24.3 Å². The first-order valence-electron chi connectivity index (χ1n) is 17.5. The normalized spacial score (nSPS) is 11.1. The predicted molar refractivity (Wildman–Crippen MR) is 174 cm³/mol. The molecule has 0 aliphatic rings. The predicted octanol–water partition coefficient (Wildman–Crippen LogP) is 11.4. The zero-order chi connectivity index (χ0) is 28.8. The lowest BCUT2D eigenvalue weighted by Crippen LogP contribution is -2.35. The maximum absolute atomic E-state index is 11.9. The highest BCUT2D eigenvalue weighted by molar-refractivity contribution is 5.73. The summed E-state index contributed by atoms with van der Waals surface area (Å²) in [5.74, 6) is 0.244. The molecule has 3 N–H and O–H groups in total. The highest BCUT2D eigenvalue weighted by Gasteiger charge is 2.01. The quantitative estimate of drug-likeness (QED) is 0.0856. The third-order valence-electron chi connectivity index (χ3n) is 8.21. The Kier molecular flexibility index (Phi) is 26.2. The standard InChI is InChI=1S/C36H66N2O2/c1-2-3-4-5-6-7-8-9-10-11-12-13-14-15-16-17-18-19-20-21-22-23-24-25-26-27-32-37-36(40)38-33-34-28-30-35(39)31-29-34/h28-31,39H,2-27,32-33H2,1H3,(H2,37,38,40). The number of unbranched alkanes of at least 4 members (excludes halogenated alkanes) is 25. The molecule has 0 saturated heterocycles. The number of nitrogens with one attached hydrogen (secondary N) is 2. The molecule has 232 valence electrons. The summed E-state index contributed by atoms with van der Waals surface area (Å²) in [6, 6.07) is 6.79. The van der Waals surface area contributed by atoms with Crippen LogP contribution >= 0.6 is 0 Å². The summed E-state index contributed by atoms with van der Waals surface area (Å²) in [5, 5.41) is 15.1. The Bertz CT molecular complexity index is 661. The Labute approximate surface area is 248 Å². The molecule has 1 rings (SSSR count). The molecule has 2 amide bonds. The van der Waals surface area contributed by atoms with Crippen molar-refractivity contribution in [3.63, 3.8) is 0 Å². The molecule has 0 aliphatic carbocycles. The van der Waals surface area contributed by atoms with Gasteiger partial charge in [-0.3, -0.25) is 0 Å². The van der Waals surface area contributed by atoms with Crippen LogP contribution in [0.3, 0.4) is 0 Å². The largest absolute Gasteiger partial charge is 0.508 e. The van der Waals surface area contributed by atoms with Crippen molar-refractivity contribution in [3.8, 4) is 5.75 Å². The monoisotopic (exact) mass is 559 g/mol. The third-order valence-corrected chi connectivity index (χ3v) is 8.21. The van der Waals surface area contributed by atoms with Crippen LogP contribution in [0.1, 0.15) is 179 Å². The van der Waals surface area contributed by atoms with Gasteiger partial charge in [-0.25, -0.2) is 4.79 Å². The number of rotatable bonds is 29. The minimum atomic E-state index is -0.118. The minimum absolute atomic E-state index is 0.118. The van der Waals surface area contributed by atoms with Gasteiger partial charge in [-0.05, 0) is 24.1 Å². The first-order valence-corrected chi connectivity index (χ1v) is 17.5. The Balaban J connectivity index is 1.68. The number of urea groups is 1. The fourth-order valence-electron chi connectivity index (χ4n) is 5.50. The average molecular weight is 559 g/mol. The van der Waals surface area contributed by atoms with E-state index in [1.807, 2.05) is 12.1 Å². The molecule has 4 nitrogen and oxygen atoms in total. The number of phenolic OH excluding ortho intramolecular Hbond substituents is 1. The number of carbonyl (C=O) groups is 1. The summed E-state index contributed by atoms with van der Waals surface area (Å²) >= 11 is 0. The lowest BCUT2D eigenvalue weighted by molar-refractivity contribution is 0.240. The van der Waals surface area contributed by atoms with Gasteiger partial charge in [0.25, 0.3) is 0 Å².